The van der Waals surface area contributed by atoms with Gasteiger partial charge in [0, 0.05) is 6.42 Å². The maximum Gasteiger partial charge on any atom is 0.595 e. The quantitative estimate of drug-likeness (QED) is 0.593. The standard InChI is InChI=1S/C8H16BNO4/c1-5-7(11)13-9(2)14-8(12)6-10(3)4/h5-6H2,1-4H3. The molecule has 0 rings (SSSR count). The topological polar surface area (TPSA) is 55.8 Å². The SMILES string of the molecule is CCC(=O)OB(C)OC(=O)CN(C)C. The van der Waals surface area contributed by atoms with E-state index < -0.39 is 13.1 Å². The molecule has 0 aromatic rings. The zero-order chi connectivity index (χ0) is 11.1. The molecule has 0 aromatic carbocycles. The van der Waals surface area contributed by atoms with Gasteiger partial charge < -0.3 is 9.31 Å². The number of carbonyl (C=O) groups excluding carboxylic acids is 2. The normalized spacial score (nSPS) is 9.79. The minimum atomic E-state index is -0.810. The van der Waals surface area contributed by atoms with Gasteiger partial charge in [0.2, 0.25) is 0 Å². The Kier molecular flexibility index (Phi) is 5.95. The maximum absolute atomic E-state index is 11.1. The Balaban J connectivity index is 3.76. The van der Waals surface area contributed by atoms with Gasteiger partial charge in [-0.05, 0) is 20.9 Å². The van der Waals surface area contributed by atoms with Crippen molar-refractivity contribution in [1.29, 1.82) is 0 Å². The van der Waals surface area contributed by atoms with E-state index in [1.165, 1.54) is 6.82 Å². The number of hydrogen-bond acceptors (Lipinski definition) is 5. The molecule has 0 aliphatic carbocycles. The van der Waals surface area contributed by atoms with Gasteiger partial charge in [0.15, 0.2) is 0 Å². The van der Waals surface area contributed by atoms with E-state index in [0.29, 0.717) is 0 Å². The lowest BCUT2D eigenvalue weighted by molar-refractivity contribution is -0.140. The summed E-state index contributed by atoms with van der Waals surface area (Å²) in [5, 5.41) is 0. The highest BCUT2D eigenvalue weighted by Gasteiger charge is 2.20. The zero-order valence-electron chi connectivity index (χ0n) is 9.07. The number of hydrogen-bond donors (Lipinski definition) is 0. The number of carbonyl (C=O) groups is 2. The third kappa shape index (κ3) is 6.48. The second-order valence-electron chi connectivity index (χ2n) is 3.14. The number of rotatable bonds is 5. The molecule has 5 nitrogen and oxygen atoms in total. The molecule has 0 N–H and O–H groups in total. The summed E-state index contributed by atoms with van der Waals surface area (Å²) in [6, 6.07) is 0. The van der Waals surface area contributed by atoms with Crippen LogP contribution in [-0.4, -0.2) is 44.6 Å². The van der Waals surface area contributed by atoms with Crippen molar-refractivity contribution in [2.24, 2.45) is 0 Å². The molecule has 0 aromatic heterocycles. The third-order valence-corrected chi connectivity index (χ3v) is 1.33. The first kappa shape index (κ1) is 13.0. The van der Waals surface area contributed by atoms with Crippen LogP contribution >= 0.6 is 0 Å². The Hall–Kier alpha value is -1.04. The van der Waals surface area contributed by atoms with Gasteiger partial charge in [-0.1, -0.05) is 6.92 Å². The van der Waals surface area contributed by atoms with Crippen LogP contribution in [0, 0.1) is 0 Å². The molecule has 14 heavy (non-hydrogen) atoms. The lowest BCUT2D eigenvalue weighted by Crippen LogP contribution is -2.31. The molecular formula is C8H16BNO4. The van der Waals surface area contributed by atoms with Crippen LogP contribution in [0.5, 0.6) is 0 Å². The molecule has 0 bridgehead atoms. The van der Waals surface area contributed by atoms with Crippen molar-refractivity contribution >= 4 is 19.1 Å². The molecule has 0 saturated heterocycles. The second kappa shape index (κ2) is 6.42. The Morgan fingerprint density at radius 3 is 2.14 bits per heavy atom. The Bertz CT molecular complexity index is 208. The van der Waals surface area contributed by atoms with Crippen LogP contribution in [0.15, 0.2) is 0 Å². The molecule has 0 radical (unpaired) electrons. The molecule has 0 spiro atoms. The first-order chi connectivity index (χ1) is 6.45. The van der Waals surface area contributed by atoms with Crippen molar-refractivity contribution in [3.8, 4) is 0 Å². The molecule has 0 unspecified atom stereocenters. The highest BCUT2D eigenvalue weighted by molar-refractivity contribution is 6.47. The first-order valence-electron chi connectivity index (χ1n) is 4.49. The fourth-order valence-electron chi connectivity index (χ4n) is 0.773. The van der Waals surface area contributed by atoms with Crippen LogP contribution in [0.4, 0.5) is 0 Å². The predicted molar refractivity (Wildman–Crippen MR) is 52.6 cm³/mol. The van der Waals surface area contributed by atoms with Crippen molar-refractivity contribution in [2.45, 2.75) is 20.2 Å². The summed E-state index contributed by atoms with van der Waals surface area (Å²) in [4.78, 5) is 23.6. The van der Waals surface area contributed by atoms with Crippen molar-refractivity contribution < 1.29 is 18.9 Å². The molecule has 0 aliphatic rings. The molecule has 0 atom stereocenters. The van der Waals surface area contributed by atoms with Gasteiger partial charge in [0.1, 0.15) is 0 Å². The van der Waals surface area contributed by atoms with E-state index in [1.807, 2.05) is 0 Å². The largest absolute Gasteiger partial charge is 0.595 e. The van der Waals surface area contributed by atoms with Crippen LogP contribution in [0.25, 0.3) is 0 Å². The van der Waals surface area contributed by atoms with Gasteiger partial charge in [-0.15, -0.1) is 0 Å². The molecule has 0 saturated carbocycles. The Morgan fingerprint density at radius 1 is 1.21 bits per heavy atom. The predicted octanol–water partition coefficient (Wildman–Crippen LogP) is 0.162. The van der Waals surface area contributed by atoms with E-state index >= 15 is 0 Å². The van der Waals surface area contributed by atoms with Crippen molar-refractivity contribution in [2.75, 3.05) is 20.6 Å². The summed E-state index contributed by atoms with van der Waals surface area (Å²) < 4.78 is 9.56. The van der Waals surface area contributed by atoms with Crippen LogP contribution < -0.4 is 0 Å². The Labute approximate surface area is 84.5 Å². The summed E-state index contributed by atoms with van der Waals surface area (Å²) in [6.07, 6.45) is 0.273. The lowest BCUT2D eigenvalue weighted by Gasteiger charge is -2.12. The summed E-state index contributed by atoms with van der Waals surface area (Å²) in [6.45, 7) is 3.37. The molecule has 0 heterocycles. The van der Waals surface area contributed by atoms with Gasteiger partial charge in [0.05, 0.1) is 6.54 Å². The fraction of sp³-hybridized carbons (Fsp3) is 0.750. The molecule has 80 valence electrons. The third-order valence-electron chi connectivity index (χ3n) is 1.33. The van der Waals surface area contributed by atoms with E-state index in [0.717, 1.165) is 0 Å². The number of nitrogens with zero attached hydrogens (tertiary/aromatic N) is 1. The van der Waals surface area contributed by atoms with E-state index in [2.05, 4.69) is 0 Å². The van der Waals surface area contributed by atoms with Gasteiger partial charge in [0.25, 0.3) is 5.97 Å². The van der Waals surface area contributed by atoms with E-state index in [-0.39, 0.29) is 18.9 Å². The van der Waals surface area contributed by atoms with Gasteiger partial charge >= 0.3 is 13.1 Å². The Morgan fingerprint density at radius 2 is 1.71 bits per heavy atom. The lowest BCUT2D eigenvalue weighted by atomic mass is 9.95. The number of likely N-dealkylation sites (N-methyl/N-ethyl adjacent to an activating group) is 1. The summed E-state index contributed by atoms with van der Waals surface area (Å²) in [5.41, 5.74) is 0. The van der Waals surface area contributed by atoms with Crippen molar-refractivity contribution in [3.05, 3.63) is 0 Å². The summed E-state index contributed by atoms with van der Waals surface area (Å²) >= 11 is 0. The molecule has 0 amide bonds. The molecule has 0 fully saturated rings. The zero-order valence-corrected chi connectivity index (χ0v) is 9.07. The van der Waals surface area contributed by atoms with E-state index in [1.54, 1.807) is 25.9 Å². The molecule has 0 aliphatic heterocycles. The average Bonchev–Trinajstić information content (AvgIpc) is 2.01. The highest BCUT2D eigenvalue weighted by Crippen LogP contribution is 1.94. The van der Waals surface area contributed by atoms with Crippen LogP contribution in [-0.2, 0) is 18.9 Å². The van der Waals surface area contributed by atoms with Gasteiger partial charge in [-0.2, -0.15) is 0 Å². The van der Waals surface area contributed by atoms with Gasteiger partial charge in [-0.25, -0.2) is 0 Å². The minimum Gasteiger partial charge on any atom is -0.499 e. The van der Waals surface area contributed by atoms with Gasteiger partial charge in [-0.3, -0.25) is 14.5 Å². The fourth-order valence-corrected chi connectivity index (χ4v) is 0.773. The summed E-state index contributed by atoms with van der Waals surface area (Å²) in [7, 11) is 2.70. The monoisotopic (exact) mass is 201 g/mol. The van der Waals surface area contributed by atoms with Crippen LogP contribution in [0.3, 0.4) is 0 Å². The average molecular weight is 201 g/mol. The van der Waals surface area contributed by atoms with Crippen LogP contribution in [0.1, 0.15) is 13.3 Å². The highest BCUT2D eigenvalue weighted by atomic mass is 16.6. The smallest absolute Gasteiger partial charge is 0.499 e. The first-order valence-corrected chi connectivity index (χ1v) is 4.49. The maximum atomic E-state index is 11.1. The van der Waals surface area contributed by atoms with Crippen LogP contribution in [0.2, 0.25) is 6.82 Å². The molecular weight excluding hydrogens is 185 g/mol. The van der Waals surface area contributed by atoms with E-state index in [4.69, 9.17) is 9.31 Å². The van der Waals surface area contributed by atoms with Crippen molar-refractivity contribution in [3.63, 3.8) is 0 Å². The summed E-state index contributed by atoms with van der Waals surface area (Å²) in [5.74, 6) is -0.790. The second-order valence-corrected chi connectivity index (χ2v) is 3.14. The van der Waals surface area contributed by atoms with Crippen molar-refractivity contribution in [1.82, 2.24) is 4.90 Å². The molecule has 6 heteroatoms. The van der Waals surface area contributed by atoms with E-state index in [9.17, 15) is 9.59 Å². The minimum absolute atomic E-state index is 0.175.